The van der Waals surface area contributed by atoms with Gasteiger partial charge in [-0.3, -0.25) is 0 Å². The van der Waals surface area contributed by atoms with E-state index in [1.165, 1.54) is 12.0 Å². The monoisotopic (exact) mass is 270 g/mol. The molecule has 3 heteroatoms. The van der Waals surface area contributed by atoms with Crippen LogP contribution in [0.1, 0.15) is 24.8 Å². The van der Waals surface area contributed by atoms with Gasteiger partial charge in [0.1, 0.15) is 0 Å². The Kier molecular flexibility index (Phi) is 4.18. The minimum absolute atomic E-state index is 0.00222. The summed E-state index contributed by atoms with van der Waals surface area (Å²) in [5.74, 6) is 0. The maximum Gasteiger partial charge on any atom is 0.158 e. The number of rotatable bonds is 3. The van der Waals surface area contributed by atoms with Gasteiger partial charge in [-0.2, -0.15) is 0 Å². The van der Waals surface area contributed by atoms with Crippen LogP contribution in [0.5, 0.6) is 0 Å². The van der Waals surface area contributed by atoms with Gasteiger partial charge in [-0.15, -0.1) is 0 Å². The number of hydrogen-bond acceptors (Lipinski definition) is 2. The van der Waals surface area contributed by atoms with Crippen molar-refractivity contribution < 1.29 is 9.47 Å². The third-order valence-corrected chi connectivity index (χ3v) is 3.02. The summed E-state index contributed by atoms with van der Waals surface area (Å²) in [7, 11) is 0. The fourth-order valence-corrected chi connectivity index (χ4v) is 1.88. The molecule has 2 nitrogen and oxygen atoms in total. The summed E-state index contributed by atoms with van der Waals surface area (Å²) in [5.41, 5.74) is 1.19. The van der Waals surface area contributed by atoms with Crippen LogP contribution in [-0.4, -0.2) is 12.9 Å². The van der Waals surface area contributed by atoms with Crippen LogP contribution in [0.2, 0.25) is 0 Å². The second-order valence-corrected chi connectivity index (χ2v) is 4.65. The van der Waals surface area contributed by atoms with Gasteiger partial charge in [0.05, 0.1) is 6.61 Å². The van der Waals surface area contributed by atoms with Crippen molar-refractivity contribution in [3.63, 3.8) is 0 Å². The van der Waals surface area contributed by atoms with Gasteiger partial charge in [0, 0.05) is 11.1 Å². The van der Waals surface area contributed by atoms with E-state index in [9.17, 15) is 0 Å². The highest BCUT2D eigenvalue weighted by Crippen LogP contribution is 2.16. The first-order valence-electron chi connectivity index (χ1n) is 5.32. The van der Waals surface area contributed by atoms with Gasteiger partial charge in [0.15, 0.2) is 6.29 Å². The van der Waals surface area contributed by atoms with Crippen molar-refractivity contribution in [3.05, 3.63) is 34.3 Å². The first kappa shape index (κ1) is 11.1. The largest absolute Gasteiger partial charge is 0.353 e. The second-order valence-electron chi connectivity index (χ2n) is 3.73. The minimum atomic E-state index is 0.00222. The molecule has 1 aliphatic rings. The van der Waals surface area contributed by atoms with Crippen LogP contribution < -0.4 is 0 Å². The maximum absolute atomic E-state index is 5.67. The third-order valence-electron chi connectivity index (χ3n) is 2.49. The fraction of sp³-hybridized carbons (Fsp3) is 0.500. The quantitative estimate of drug-likeness (QED) is 0.837. The van der Waals surface area contributed by atoms with Crippen LogP contribution in [0.15, 0.2) is 28.7 Å². The molecule has 0 spiro atoms. The summed E-state index contributed by atoms with van der Waals surface area (Å²) >= 11 is 3.41. The molecule has 1 aromatic carbocycles. The zero-order chi connectivity index (χ0) is 10.5. The zero-order valence-electron chi connectivity index (χ0n) is 8.62. The molecule has 0 saturated carbocycles. The van der Waals surface area contributed by atoms with Crippen LogP contribution >= 0.6 is 15.9 Å². The summed E-state index contributed by atoms with van der Waals surface area (Å²) in [6.45, 7) is 1.48. The van der Waals surface area contributed by atoms with Crippen LogP contribution in [0, 0.1) is 0 Å². The number of ether oxygens (including phenoxy) is 2. The average molecular weight is 271 g/mol. The summed E-state index contributed by atoms with van der Waals surface area (Å²) in [6, 6.07) is 8.18. The Morgan fingerprint density at radius 1 is 1.27 bits per heavy atom. The van der Waals surface area contributed by atoms with Crippen molar-refractivity contribution in [2.45, 2.75) is 32.2 Å². The molecule has 1 atom stereocenters. The molecular weight excluding hydrogens is 256 g/mol. The predicted molar refractivity (Wildman–Crippen MR) is 62.5 cm³/mol. The Hall–Kier alpha value is -0.380. The van der Waals surface area contributed by atoms with Gasteiger partial charge in [0.25, 0.3) is 0 Å². The molecule has 15 heavy (non-hydrogen) atoms. The van der Waals surface area contributed by atoms with E-state index in [-0.39, 0.29) is 6.29 Å². The molecule has 0 radical (unpaired) electrons. The van der Waals surface area contributed by atoms with Gasteiger partial charge in [-0.05, 0) is 37.0 Å². The minimum Gasteiger partial charge on any atom is -0.353 e. The van der Waals surface area contributed by atoms with Gasteiger partial charge < -0.3 is 9.47 Å². The van der Waals surface area contributed by atoms with Crippen molar-refractivity contribution in [2.24, 2.45) is 0 Å². The number of benzene rings is 1. The Morgan fingerprint density at radius 2 is 2.07 bits per heavy atom. The molecule has 1 aromatic rings. The highest BCUT2D eigenvalue weighted by Gasteiger charge is 2.13. The van der Waals surface area contributed by atoms with Gasteiger partial charge in [-0.1, -0.05) is 28.1 Å². The van der Waals surface area contributed by atoms with Crippen molar-refractivity contribution in [1.29, 1.82) is 0 Å². The molecule has 1 aliphatic heterocycles. The third kappa shape index (κ3) is 3.59. The van der Waals surface area contributed by atoms with E-state index >= 15 is 0 Å². The summed E-state index contributed by atoms with van der Waals surface area (Å²) in [4.78, 5) is 0. The van der Waals surface area contributed by atoms with E-state index < -0.39 is 0 Å². The average Bonchev–Trinajstić information content (AvgIpc) is 2.30. The van der Waals surface area contributed by atoms with Crippen LogP contribution in [0.3, 0.4) is 0 Å². The molecule has 2 rings (SSSR count). The maximum atomic E-state index is 5.67. The number of hydrogen-bond donors (Lipinski definition) is 0. The van der Waals surface area contributed by atoms with Gasteiger partial charge in [0.2, 0.25) is 0 Å². The summed E-state index contributed by atoms with van der Waals surface area (Å²) in [6.07, 6.45) is 3.40. The highest BCUT2D eigenvalue weighted by atomic mass is 79.9. The van der Waals surface area contributed by atoms with E-state index in [4.69, 9.17) is 9.47 Å². The van der Waals surface area contributed by atoms with Gasteiger partial charge >= 0.3 is 0 Å². The van der Waals surface area contributed by atoms with Crippen molar-refractivity contribution >= 4 is 15.9 Å². The Labute approximate surface area is 98.7 Å². The molecule has 0 amide bonds. The Morgan fingerprint density at radius 3 is 2.73 bits per heavy atom. The predicted octanol–water partition coefficient (Wildman–Crippen LogP) is 3.49. The molecule has 1 heterocycles. The highest BCUT2D eigenvalue weighted by molar-refractivity contribution is 9.10. The standard InChI is InChI=1S/C12H15BrO2/c13-11-6-4-10(5-7-11)9-15-12-3-1-2-8-14-12/h4-7,12H,1-3,8-9H2. The van der Waals surface area contributed by atoms with Crippen LogP contribution in [0.4, 0.5) is 0 Å². The Bertz CT molecular complexity index is 291. The smallest absolute Gasteiger partial charge is 0.158 e. The molecule has 0 aliphatic carbocycles. The number of halogens is 1. The first-order valence-corrected chi connectivity index (χ1v) is 6.11. The van der Waals surface area contributed by atoms with Gasteiger partial charge in [-0.25, -0.2) is 0 Å². The van der Waals surface area contributed by atoms with Crippen LogP contribution in [0.25, 0.3) is 0 Å². The Balaban J connectivity index is 1.79. The van der Waals surface area contributed by atoms with E-state index in [1.807, 2.05) is 12.1 Å². The lowest BCUT2D eigenvalue weighted by Crippen LogP contribution is -2.21. The molecule has 1 fully saturated rings. The summed E-state index contributed by atoms with van der Waals surface area (Å²) in [5, 5.41) is 0. The molecule has 0 bridgehead atoms. The van der Waals surface area contributed by atoms with Crippen LogP contribution in [-0.2, 0) is 16.1 Å². The normalized spacial score (nSPS) is 21.5. The zero-order valence-corrected chi connectivity index (χ0v) is 10.2. The van der Waals surface area contributed by atoms with Crippen molar-refractivity contribution in [3.8, 4) is 0 Å². The lowest BCUT2D eigenvalue weighted by molar-refractivity contribution is -0.168. The molecule has 1 unspecified atom stereocenters. The molecule has 0 aromatic heterocycles. The molecule has 82 valence electrons. The van der Waals surface area contributed by atoms with E-state index in [1.54, 1.807) is 0 Å². The topological polar surface area (TPSA) is 18.5 Å². The second kappa shape index (κ2) is 5.64. The molecule has 0 N–H and O–H groups in total. The molecular formula is C12H15BrO2. The molecule has 1 saturated heterocycles. The lowest BCUT2D eigenvalue weighted by atomic mass is 10.2. The van der Waals surface area contributed by atoms with Crippen molar-refractivity contribution in [2.75, 3.05) is 6.61 Å². The summed E-state index contributed by atoms with van der Waals surface area (Å²) < 4.78 is 12.3. The SMILES string of the molecule is Brc1ccc(COC2CCCCO2)cc1. The lowest BCUT2D eigenvalue weighted by Gasteiger charge is -2.22. The first-order chi connectivity index (χ1) is 7.34. The van der Waals surface area contributed by atoms with E-state index in [0.29, 0.717) is 6.61 Å². The van der Waals surface area contributed by atoms with Crippen molar-refractivity contribution in [1.82, 2.24) is 0 Å². The van der Waals surface area contributed by atoms with E-state index in [0.717, 1.165) is 23.9 Å². The van der Waals surface area contributed by atoms with E-state index in [2.05, 4.69) is 28.1 Å². The fourth-order valence-electron chi connectivity index (χ4n) is 1.61.